The molecule has 0 aliphatic heterocycles. The fraction of sp³-hybridized carbons (Fsp3) is 1.00. The zero-order valence-corrected chi connectivity index (χ0v) is 11.0. The summed E-state index contributed by atoms with van der Waals surface area (Å²) in [5.41, 5.74) is 0.371. The van der Waals surface area contributed by atoms with E-state index in [-0.39, 0.29) is 5.41 Å². The van der Waals surface area contributed by atoms with Gasteiger partial charge in [0.15, 0.2) is 0 Å². The molecule has 0 spiro atoms. The molecular formula is C13H28O. The normalized spacial score (nSPS) is 17.6. The van der Waals surface area contributed by atoms with Gasteiger partial charge in [0.25, 0.3) is 0 Å². The largest absolute Gasteiger partial charge is 0.396 e. The Balaban J connectivity index is 4.61. The van der Waals surface area contributed by atoms with Crippen molar-refractivity contribution in [3.8, 4) is 0 Å². The molecule has 0 aromatic rings. The van der Waals surface area contributed by atoms with Gasteiger partial charge in [-0.15, -0.1) is 0 Å². The molecule has 0 radical (unpaired) electrons. The van der Waals surface area contributed by atoms with Crippen molar-refractivity contribution in [2.75, 3.05) is 6.61 Å². The lowest BCUT2D eigenvalue weighted by Crippen LogP contribution is -2.35. The Morgan fingerprint density at radius 1 is 0.929 bits per heavy atom. The Kier molecular flexibility index (Phi) is 4.64. The average Bonchev–Trinajstić information content (AvgIpc) is 2.02. The molecule has 1 heteroatoms. The highest BCUT2D eigenvalue weighted by atomic mass is 16.3. The highest BCUT2D eigenvalue weighted by Crippen LogP contribution is 2.42. The number of aliphatic hydroxyl groups is 1. The van der Waals surface area contributed by atoms with Crippen LogP contribution in [0.2, 0.25) is 0 Å². The van der Waals surface area contributed by atoms with Gasteiger partial charge >= 0.3 is 0 Å². The fourth-order valence-electron chi connectivity index (χ4n) is 1.69. The van der Waals surface area contributed by atoms with Crippen LogP contribution in [0.5, 0.6) is 0 Å². The zero-order valence-electron chi connectivity index (χ0n) is 11.0. The van der Waals surface area contributed by atoms with E-state index in [1.54, 1.807) is 0 Å². The van der Waals surface area contributed by atoms with Crippen LogP contribution in [0.15, 0.2) is 0 Å². The van der Waals surface area contributed by atoms with Crippen molar-refractivity contribution >= 4 is 0 Å². The van der Waals surface area contributed by atoms with Gasteiger partial charge in [0.2, 0.25) is 0 Å². The fourth-order valence-corrected chi connectivity index (χ4v) is 1.69. The Labute approximate surface area is 89.9 Å². The van der Waals surface area contributed by atoms with E-state index in [1.807, 2.05) is 0 Å². The van der Waals surface area contributed by atoms with Crippen molar-refractivity contribution in [2.24, 2.45) is 22.7 Å². The predicted octanol–water partition coefficient (Wildman–Crippen LogP) is 3.71. The molecule has 86 valence electrons. The van der Waals surface area contributed by atoms with E-state index in [0.717, 1.165) is 6.42 Å². The highest BCUT2D eigenvalue weighted by molar-refractivity contribution is 4.85. The molecule has 0 aromatic carbocycles. The monoisotopic (exact) mass is 200 g/mol. The van der Waals surface area contributed by atoms with Gasteiger partial charge in [-0.3, -0.25) is 0 Å². The third-order valence-electron chi connectivity index (χ3n) is 4.18. The lowest BCUT2D eigenvalue weighted by Gasteiger charge is -2.41. The van der Waals surface area contributed by atoms with Crippen LogP contribution in [0.4, 0.5) is 0 Å². The maximum absolute atomic E-state index is 9.50. The molecule has 0 fully saturated rings. The minimum atomic E-state index is 0.0633. The summed E-state index contributed by atoms with van der Waals surface area (Å²) in [4.78, 5) is 0. The Hall–Kier alpha value is -0.0400. The van der Waals surface area contributed by atoms with Gasteiger partial charge in [0, 0.05) is 6.61 Å². The summed E-state index contributed by atoms with van der Waals surface area (Å²) in [6, 6.07) is 0. The van der Waals surface area contributed by atoms with Gasteiger partial charge < -0.3 is 5.11 Å². The van der Waals surface area contributed by atoms with Gasteiger partial charge in [-0.2, -0.15) is 0 Å². The van der Waals surface area contributed by atoms with Crippen LogP contribution in [0, 0.1) is 22.7 Å². The van der Waals surface area contributed by atoms with Crippen LogP contribution in [0.3, 0.4) is 0 Å². The molecule has 1 N–H and O–H groups in total. The lowest BCUT2D eigenvalue weighted by atomic mass is 9.65. The van der Waals surface area contributed by atoms with E-state index in [9.17, 15) is 5.11 Å². The second-order valence-electron chi connectivity index (χ2n) is 6.29. The van der Waals surface area contributed by atoms with E-state index >= 15 is 0 Å². The molecule has 0 aliphatic rings. The summed E-state index contributed by atoms with van der Waals surface area (Å²) in [6.45, 7) is 16.0. The van der Waals surface area contributed by atoms with Gasteiger partial charge in [-0.05, 0) is 29.1 Å². The molecule has 0 saturated carbocycles. The Bertz CT molecular complexity index is 170. The van der Waals surface area contributed by atoms with Crippen molar-refractivity contribution in [3.05, 3.63) is 0 Å². The first-order chi connectivity index (χ1) is 6.15. The molecule has 1 nitrogen and oxygen atoms in total. The SMILES string of the molecule is CC(C)C(C)(C)CC(C)(CO)C(C)C. The smallest absolute Gasteiger partial charge is 0.0487 e. The van der Waals surface area contributed by atoms with Gasteiger partial charge in [-0.25, -0.2) is 0 Å². The summed E-state index contributed by atoms with van der Waals surface area (Å²) in [5, 5.41) is 9.50. The minimum Gasteiger partial charge on any atom is -0.396 e. The van der Waals surface area contributed by atoms with E-state index in [1.165, 1.54) is 0 Å². The molecule has 0 amide bonds. The number of hydrogen-bond donors (Lipinski definition) is 1. The maximum atomic E-state index is 9.50. The Morgan fingerprint density at radius 2 is 1.36 bits per heavy atom. The van der Waals surface area contributed by atoms with Crippen molar-refractivity contribution in [3.63, 3.8) is 0 Å². The maximum Gasteiger partial charge on any atom is 0.0487 e. The van der Waals surface area contributed by atoms with Crippen molar-refractivity contribution < 1.29 is 5.11 Å². The predicted molar refractivity (Wildman–Crippen MR) is 63.3 cm³/mol. The molecule has 0 aliphatic carbocycles. The molecule has 0 saturated heterocycles. The van der Waals surface area contributed by atoms with Gasteiger partial charge in [0.05, 0.1) is 0 Å². The molecular weight excluding hydrogens is 172 g/mol. The lowest BCUT2D eigenvalue weighted by molar-refractivity contribution is 0.0296. The topological polar surface area (TPSA) is 20.2 Å². The number of rotatable bonds is 5. The zero-order chi connectivity index (χ0) is 11.6. The van der Waals surface area contributed by atoms with E-state index in [0.29, 0.717) is 23.9 Å². The molecule has 1 atom stereocenters. The van der Waals surface area contributed by atoms with Crippen molar-refractivity contribution in [1.82, 2.24) is 0 Å². The summed E-state index contributed by atoms with van der Waals surface area (Å²) in [7, 11) is 0. The summed E-state index contributed by atoms with van der Waals surface area (Å²) in [5.74, 6) is 1.19. The first kappa shape index (κ1) is 14.0. The second kappa shape index (κ2) is 4.65. The van der Waals surface area contributed by atoms with E-state index in [2.05, 4.69) is 48.5 Å². The average molecular weight is 200 g/mol. The van der Waals surface area contributed by atoms with Crippen LogP contribution < -0.4 is 0 Å². The van der Waals surface area contributed by atoms with E-state index in [4.69, 9.17) is 0 Å². The number of hydrogen-bond acceptors (Lipinski definition) is 1. The molecule has 0 bridgehead atoms. The summed E-state index contributed by atoms with van der Waals surface area (Å²) >= 11 is 0. The van der Waals surface area contributed by atoms with Crippen LogP contribution in [-0.2, 0) is 0 Å². The van der Waals surface area contributed by atoms with Crippen molar-refractivity contribution in [1.29, 1.82) is 0 Å². The first-order valence-corrected chi connectivity index (χ1v) is 5.76. The molecule has 0 aromatic heterocycles. The van der Waals surface area contributed by atoms with Crippen LogP contribution in [-0.4, -0.2) is 11.7 Å². The van der Waals surface area contributed by atoms with Crippen LogP contribution >= 0.6 is 0 Å². The molecule has 1 unspecified atom stereocenters. The van der Waals surface area contributed by atoms with Gasteiger partial charge in [-0.1, -0.05) is 48.5 Å². The molecule has 0 heterocycles. The minimum absolute atomic E-state index is 0.0633. The second-order valence-corrected chi connectivity index (χ2v) is 6.29. The third-order valence-corrected chi connectivity index (χ3v) is 4.18. The quantitative estimate of drug-likeness (QED) is 0.717. The summed E-state index contributed by atoms with van der Waals surface area (Å²) in [6.07, 6.45) is 1.09. The van der Waals surface area contributed by atoms with Crippen molar-refractivity contribution in [2.45, 2.75) is 54.9 Å². The highest BCUT2D eigenvalue weighted by Gasteiger charge is 2.35. The molecule has 14 heavy (non-hydrogen) atoms. The van der Waals surface area contributed by atoms with Gasteiger partial charge in [0.1, 0.15) is 0 Å². The number of aliphatic hydroxyl groups excluding tert-OH is 1. The van der Waals surface area contributed by atoms with Crippen LogP contribution in [0.25, 0.3) is 0 Å². The summed E-state index contributed by atoms with van der Waals surface area (Å²) < 4.78 is 0. The standard InChI is InChI=1S/C13H28O/c1-10(2)12(5,6)8-13(7,9-14)11(3)4/h10-11,14H,8-9H2,1-7H3. The third kappa shape index (κ3) is 3.27. The Morgan fingerprint density at radius 3 is 1.57 bits per heavy atom. The van der Waals surface area contributed by atoms with Crippen LogP contribution in [0.1, 0.15) is 54.9 Å². The van der Waals surface area contributed by atoms with E-state index < -0.39 is 0 Å². The molecule has 0 rings (SSSR count). The first-order valence-electron chi connectivity index (χ1n) is 5.76.